The van der Waals surface area contributed by atoms with E-state index in [1.807, 2.05) is 6.20 Å². The second-order valence-electron chi connectivity index (χ2n) is 4.68. The molecule has 1 N–H and O–H groups in total. The Morgan fingerprint density at radius 1 is 1.33 bits per heavy atom. The highest BCUT2D eigenvalue weighted by atomic mass is 32.1. The molecule has 0 aromatic carbocycles. The maximum Gasteiger partial charge on any atom is 0.251 e. The van der Waals surface area contributed by atoms with E-state index >= 15 is 0 Å². The third-order valence-electron chi connectivity index (χ3n) is 3.38. The molecule has 0 bridgehead atoms. The Balaban J connectivity index is 2.01. The van der Waals surface area contributed by atoms with Gasteiger partial charge < -0.3 is 4.57 Å². The van der Waals surface area contributed by atoms with Crippen molar-refractivity contribution in [2.75, 3.05) is 0 Å². The summed E-state index contributed by atoms with van der Waals surface area (Å²) >= 11 is 5.22. The van der Waals surface area contributed by atoms with E-state index in [9.17, 15) is 4.79 Å². The van der Waals surface area contributed by atoms with Gasteiger partial charge in [0.25, 0.3) is 5.56 Å². The van der Waals surface area contributed by atoms with Crippen LogP contribution in [0.2, 0.25) is 0 Å². The van der Waals surface area contributed by atoms with Gasteiger partial charge in [0.1, 0.15) is 0 Å². The summed E-state index contributed by atoms with van der Waals surface area (Å²) in [5.74, 6) is 1.60. The standard InChI is InChI=1S/C11H14N2OS/c14-9-5-6-13(11(15)12-9)10(7-1-2-7)8-3-4-8/h5-8,10H,1-4H2,(H,12,14,15). The van der Waals surface area contributed by atoms with Crippen LogP contribution < -0.4 is 5.56 Å². The second kappa shape index (κ2) is 3.30. The summed E-state index contributed by atoms with van der Waals surface area (Å²) in [4.78, 5) is 13.8. The number of hydrogen-bond donors (Lipinski definition) is 1. The quantitative estimate of drug-likeness (QED) is 0.797. The molecule has 3 rings (SSSR count). The van der Waals surface area contributed by atoms with Crippen LogP contribution in [-0.2, 0) is 0 Å². The van der Waals surface area contributed by atoms with E-state index in [1.54, 1.807) is 6.07 Å². The van der Waals surface area contributed by atoms with Gasteiger partial charge in [-0.05, 0) is 49.7 Å². The van der Waals surface area contributed by atoms with Crippen molar-refractivity contribution in [3.05, 3.63) is 27.4 Å². The van der Waals surface area contributed by atoms with Gasteiger partial charge in [-0.2, -0.15) is 0 Å². The minimum absolute atomic E-state index is 0.0957. The summed E-state index contributed by atoms with van der Waals surface area (Å²) < 4.78 is 2.69. The molecule has 1 heterocycles. The molecule has 2 aliphatic rings. The fraction of sp³-hybridized carbons (Fsp3) is 0.636. The minimum atomic E-state index is -0.0957. The molecular weight excluding hydrogens is 208 g/mol. The highest BCUT2D eigenvalue weighted by molar-refractivity contribution is 7.71. The molecule has 15 heavy (non-hydrogen) atoms. The van der Waals surface area contributed by atoms with Crippen LogP contribution in [0.1, 0.15) is 31.7 Å². The lowest BCUT2D eigenvalue weighted by atomic mass is 10.1. The molecule has 0 amide bonds. The predicted octanol–water partition coefficient (Wildman–Crippen LogP) is 2.27. The van der Waals surface area contributed by atoms with E-state index in [0.29, 0.717) is 10.8 Å². The number of H-pyrrole nitrogens is 1. The van der Waals surface area contributed by atoms with Crippen LogP contribution in [0.25, 0.3) is 0 Å². The van der Waals surface area contributed by atoms with Gasteiger partial charge in [-0.25, -0.2) is 0 Å². The zero-order valence-corrected chi connectivity index (χ0v) is 9.30. The molecule has 4 heteroatoms. The van der Waals surface area contributed by atoms with Gasteiger partial charge in [-0.1, -0.05) is 0 Å². The Hall–Kier alpha value is -0.900. The average Bonchev–Trinajstić information content (AvgIpc) is 3.02. The smallest absolute Gasteiger partial charge is 0.251 e. The molecule has 1 aromatic heterocycles. The van der Waals surface area contributed by atoms with Gasteiger partial charge in [0.05, 0.1) is 0 Å². The Morgan fingerprint density at radius 3 is 2.40 bits per heavy atom. The van der Waals surface area contributed by atoms with Crippen LogP contribution in [0.4, 0.5) is 0 Å². The van der Waals surface area contributed by atoms with Gasteiger partial charge in [-0.15, -0.1) is 0 Å². The molecule has 0 atom stereocenters. The first-order valence-corrected chi connectivity index (χ1v) is 5.98. The number of rotatable bonds is 3. The maximum absolute atomic E-state index is 11.1. The molecule has 0 aliphatic heterocycles. The van der Waals surface area contributed by atoms with Crippen LogP contribution in [0.5, 0.6) is 0 Å². The number of aromatic amines is 1. The summed E-state index contributed by atoms with van der Waals surface area (Å²) in [5, 5.41) is 0. The average molecular weight is 222 g/mol. The van der Waals surface area contributed by atoms with Crippen LogP contribution in [0.15, 0.2) is 17.1 Å². The van der Waals surface area contributed by atoms with E-state index in [-0.39, 0.29) is 5.56 Å². The molecule has 0 spiro atoms. The van der Waals surface area contributed by atoms with Crippen molar-refractivity contribution < 1.29 is 0 Å². The molecule has 2 saturated carbocycles. The third kappa shape index (κ3) is 1.78. The van der Waals surface area contributed by atoms with Crippen molar-refractivity contribution in [1.29, 1.82) is 0 Å². The molecule has 0 radical (unpaired) electrons. The first-order chi connectivity index (χ1) is 7.25. The van der Waals surface area contributed by atoms with Gasteiger partial charge >= 0.3 is 0 Å². The Kier molecular flexibility index (Phi) is 2.06. The highest BCUT2D eigenvalue weighted by Gasteiger charge is 2.42. The number of nitrogens with one attached hydrogen (secondary N) is 1. The van der Waals surface area contributed by atoms with Gasteiger partial charge in [-0.3, -0.25) is 9.78 Å². The molecule has 80 valence electrons. The third-order valence-corrected chi connectivity index (χ3v) is 3.70. The molecular formula is C11H14N2OS. The molecule has 3 nitrogen and oxygen atoms in total. The summed E-state index contributed by atoms with van der Waals surface area (Å²) in [6.07, 6.45) is 7.15. The van der Waals surface area contributed by atoms with E-state index in [2.05, 4.69) is 9.55 Å². The number of nitrogens with zero attached hydrogens (tertiary/aromatic N) is 1. The lowest BCUT2D eigenvalue weighted by Gasteiger charge is -2.19. The van der Waals surface area contributed by atoms with Gasteiger partial charge in [0.15, 0.2) is 4.77 Å². The van der Waals surface area contributed by atoms with Crippen LogP contribution >= 0.6 is 12.2 Å². The lowest BCUT2D eigenvalue weighted by molar-refractivity contribution is 0.384. The Bertz CT molecular complexity index is 470. The van der Waals surface area contributed by atoms with Crippen molar-refractivity contribution >= 4 is 12.2 Å². The zero-order chi connectivity index (χ0) is 10.4. The van der Waals surface area contributed by atoms with Gasteiger partial charge in [0, 0.05) is 18.3 Å². The van der Waals surface area contributed by atoms with E-state index in [1.165, 1.54) is 25.7 Å². The van der Waals surface area contributed by atoms with Crippen molar-refractivity contribution in [3.63, 3.8) is 0 Å². The first kappa shape index (κ1) is 9.33. The van der Waals surface area contributed by atoms with E-state index in [4.69, 9.17) is 12.2 Å². The minimum Gasteiger partial charge on any atom is -0.322 e. The highest BCUT2D eigenvalue weighted by Crippen LogP contribution is 2.51. The van der Waals surface area contributed by atoms with Crippen LogP contribution in [-0.4, -0.2) is 9.55 Å². The SMILES string of the molecule is O=c1ccn(C(C2CC2)C2CC2)c(=S)[nH]1. The fourth-order valence-corrected chi connectivity index (χ4v) is 2.66. The van der Waals surface area contributed by atoms with Crippen molar-refractivity contribution in [1.82, 2.24) is 9.55 Å². The summed E-state index contributed by atoms with van der Waals surface area (Å²) in [6, 6.07) is 2.13. The Labute approximate surface area is 93.1 Å². The van der Waals surface area contributed by atoms with Crippen molar-refractivity contribution in [2.45, 2.75) is 31.7 Å². The lowest BCUT2D eigenvalue weighted by Crippen LogP contribution is -2.19. The molecule has 0 unspecified atom stereocenters. The predicted molar refractivity (Wildman–Crippen MR) is 60.4 cm³/mol. The van der Waals surface area contributed by atoms with Crippen LogP contribution in [0, 0.1) is 16.6 Å². The second-order valence-corrected chi connectivity index (χ2v) is 5.07. The van der Waals surface area contributed by atoms with E-state index in [0.717, 1.165) is 11.8 Å². The largest absolute Gasteiger partial charge is 0.322 e. The summed E-state index contributed by atoms with van der Waals surface area (Å²) in [5.41, 5.74) is -0.0957. The normalized spacial score (nSPS) is 20.9. The van der Waals surface area contributed by atoms with Crippen molar-refractivity contribution in [2.24, 2.45) is 11.8 Å². The van der Waals surface area contributed by atoms with Gasteiger partial charge in [0.2, 0.25) is 0 Å². The molecule has 2 aliphatic carbocycles. The number of aromatic nitrogens is 2. The number of hydrogen-bond acceptors (Lipinski definition) is 2. The summed E-state index contributed by atoms with van der Waals surface area (Å²) in [6.45, 7) is 0. The monoisotopic (exact) mass is 222 g/mol. The van der Waals surface area contributed by atoms with Crippen LogP contribution in [0.3, 0.4) is 0 Å². The summed E-state index contributed by atoms with van der Waals surface area (Å²) in [7, 11) is 0. The zero-order valence-electron chi connectivity index (χ0n) is 8.48. The molecule has 2 fully saturated rings. The first-order valence-electron chi connectivity index (χ1n) is 5.57. The maximum atomic E-state index is 11.1. The topological polar surface area (TPSA) is 37.8 Å². The van der Waals surface area contributed by atoms with Crippen molar-refractivity contribution in [3.8, 4) is 0 Å². The molecule has 0 saturated heterocycles. The fourth-order valence-electron chi connectivity index (χ4n) is 2.38. The van der Waals surface area contributed by atoms with E-state index < -0.39 is 0 Å². The Morgan fingerprint density at radius 2 is 1.93 bits per heavy atom. The molecule has 1 aromatic rings.